The summed E-state index contributed by atoms with van der Waals surface area (Å²) in [6, 6.07) is 16.2. The van der Waals surface area contributed by atoms with Gasteiger partial charge in [0.1, 0.15) is 6.61 Å². The number of hydrogen-bond acceptors (Lipinski definition) is 3. The molecule has 0 aromatic heterocycles. The van der Waals surface area contributed by atoms with Crippen molar-refractivity contribution in [2.45, 2.75) is 6.54 Å². The van der Waals surface area contributed by atoms with Crippen molar-refractivity contribution in [3.63, 3.8) is 0 Å². The number of hydrogen-bond donors (Lipinski definition) is 1. The van der Waals surface area contributed by atoms with Gasteiger partial charge < -0.3 is 19.9 Å². The number of nitrogens with one attached hydrogen (secondary N) is 1. The van der Waals surface area contributed by atoms with Gasteiger partial charge in [0.2, 0.25) is 5.91 Å². The zero-order valence-corrected chi connectivity index (χ0v) is 19.3. The number of benzene rings is 2. The summed E-state index contributed by atoms with van der Waals surface area (Å²) >= 11 is 0. The number of rotatable bonds is 8. The molecule has 0 unspecified atom stereocenters. The van der Waals surface area contributed by atoms with E-state index in [4.69, 9.17) is 4.74 Å². The van der Waals surface area contributed by atoms with Crippen LogP contribution in [-0.2, 0) is 11.3 Å². The largest absolute Gasteiger partial charge is 0.489 e. The molecule has 0 fully saturated rings. The van der Waals surface area contributed by atoms with E-state index in [1.54, 1.807) is 32.3 Å². The monoisotopic (exact) mass is 514 g/mol. The fourth-order valence-electron chi connectivity index (χ4n) is 2.33. The highest BCUT2D eigenvalue weighted by molar-refractivity contribution is 14.0. The van der Waals surface area contributed by atoms with Crippen LogP contribution in [0, 0.1) is 5.82 Å². The van der Waals surface area contributed by atoms with Gasteiger partial charge in [-0.25, -0.2) is 9.38 Å². The smallest absolute Gasteiger partial charge is 0.241 e. The molecule has 0 bridgehead atoms. The number of carbonyl (C=O) groups is 1. The minimum absolute atomic E-state index is 0. The molecule has 0 atom stereocenters. The van der Waals surface area contributed by atoms with Crippen molar-refractivity contribution in [1.29, 1.82) is 0 Å². The molecule has 0 radical (unpaired) electrons. The van der Waals surface area contributed by atoms with Crippen LogP contribution in [0.4, 0.5) is 4.39 Å². The fourth-order valence-corrected chi connectivity index (χ4v) is 2.33. The van der Waals surface area contributed by atoms with Gasteiger partial charge in [-0.1, -0.05) is 42.5 Å². The number of para-hydroxylation sites is 1. The molecule has 2 rings (SSSR count). The summed E-state index contributed by atoms with van der Waals surface area (Å²) in [6.07, 6.45) is 0. The lowest BCUT2D eigenvalue weighted by Gasteiger charge is -2.23. The van der Waals surface area contributed by atoms with Crippen LogP contribution in [0.3, 0.4) is 0 Å². The topological polar surface area (TPSA) is 57.2 Å². The molecule has 1 amide bonds. The van der Waals surface area contributed by atoms with E-state index in [0.29, 0.717) is 19.0 Å². The molecule has 6 nitrogen and oxygen atoms in total. The van der Waals surface area contributed by atoms with E-state index in [2.05, 4.69) is 10.3 Å². The highest BCUT2D eigenvalue weighted by atomic mass is 127. The van der Waals surface area contributed by atoms with Gasteiger partial charge in [0, 0.05) is 21.1 Å². The van der Waals surface area contributed by atoms with Gasteiger partial charge in [0.25, 0.3) is 0 Å². The maximum absolute atomic E-state index is 13.6. The minimum Gasteiger partial charge on any atom is -0.489 e. The minimum atomic E-state index is -0.391. The van der Waals surface area contributed by atoms with Crippen molar-refractivity contribution >= 4 is 35.8 Å². The number of guanidine groups is 1. The second-order valence-corrected chi connectivity index (χ2v) is 6.47. The number of aliphatic imine (C=N–C) groups is 1. The van der Waals surface area contributed by atoms with Crippen molar-refractivity contribution in [2.75, 3.05) is 40.8 Å². The predicted octanol–water partition coefficient (Wildman–Crippen LogP) is 2.99. The van der Waals surface area contributed by atoms with Gasteiger partial charge >= 0.3 is 0 Å². The Morgan fingerprint density at radius 1 is 1.07 bits per heavy atom. The fraction of sp³-hybridized carbons (Fsp3) is 0.333. The number of amides is 1. The van der Waals surface area contributed by atoms with Crippen LogP contribution in [0.15, 0.2) is 59.6 Å². The molecule has 2 aromatic carbocycles. The van der Waals surface area contributed by atoms with Gasteiger partial charge in [0.15, 0.2) is 17.5 Å². The predicted molar refractivity (Wildman–Crippen MR) is 124 cm³/mol. The Kier molecular flexibility index (Phi) is 11.0. The molecule has 0 saturated carbocycles. The number of halogens is 2. The van der Waals surface area contributed by atoms with Crippen LogP contribution in [0.1, 0.15) is 5.56 Å². The zero-order valence-electron chi connectivity index (χ0n) is 17.0. The summed E-state index contributed by atoms with van der Waals surface area (Å²) in [5, 5.41) is 3.09. The van der Waals surface area contributed by atoms with Crippen LogP contribution in [0.2, 0.25) is 0 Å². The Hall–Kier alpha value is -2.36. The Bertz CT molecular complexity index is 787. The Labute approximate surface area is 188 Å². The summed E-state index contributed by atoms with van der Waals surface area (Å²) in [5.41, 5.74) is 1.07. The summed E-state index contributed by atoms with van der Waals surface area (Å²) in [4.78, 5) is 19.9. The molecule has 1 N–H and O–H groups in total. The quantitative estimate of drug-likeness (QED) is 0.335. The second-order valence-electron chi connectivity index (χ2n) is 6.47. The van der Waals surface area contributed by atoms with Crippen molar-refractivity contribution < 1.29 is 13.9 Å². The molecular weight excluding hydrogens is 486 g/mol. The normalized spacial score (nSPS) is 10.7. The van der Waals surface area contributed by atoms with Gasteiger partial charge in [-0.05, 0) is 17.7 Å². The first-order valence-electron chi connectivity index (χ1n) is 9.08. The van der Waals surface area contributed by atoms with Crippen molar-refractivity contribution in [3.8, 4) is 5.75 Å². The van der Waals surface area contributed by atoms with E-state index in [1.165, 1.54) is 11.0 Å². The molecule has 0 aliphatic carbocycles. The zero-order chi connectivity index (χ0) is 20.4. The van der Waals surface area contributed by atoms with E-state index in [-0.39, 0.29) is 48.8 Å². The number of carbonyl (C=O) groups excluding carboxylic acids is 1. The molecule has 0 heterocycles. The van der Waals surface area contributed by atoms with Crippen LogP contribution >= 0.6 is 24.0 Å². The van der Waals surface area contributed by atoms with Crippen molar-refractivity contribution in [3.05, 3.63) is 66.0 Å². The van der Waals surface area contributed by atoms with Crippen LogP contribution in [0.25, 0.3) is 0 Å². The third kappa shape index (κ3) is 8.68. The third-order valence-corrected chi connectivity index (χ3v) is 4.03. The lowest BCUT2D eigenvalue weighted by Crippen LogP contribution is -2.45. The van der Waals surface area contributed by atoms with Crippen LogP contribution < -0.4 is 10.1 Å². The number of likely N-dealkylation sites (N-methyl/N-ethyl adjacent to an activating group) is 2. The van der Waals surface area contributed by atoms with E-state index in [0.717, 1.165) is 5.56 Å². The first kappa shape index (κ1) is 24.7. The molecular formula is C21H28FIN4O2. The Balaban J connectivity index is 0.00000420. The maximum atomic E-state index is 13.6. The molecule has 158 valence electrons. The van der Waals surface area contributed by atoms with Crippen LogP contribution in [-0.4, -0.2) is 62.5 Å². The highest BCUT2D eigenvalue weighted by Crippen LogP contribution is 2.15. The van der Waals surface area contributed by atoms with Gasteiger partial charge in [-0.2, -0.15) is 0 Å². The third-order valence-electron chi connectivity index (χ3n) is 4.03. The second kappa shape index (κ2) is 13.0. The average molecular weight is 514 g/mol. The highest BCUT2D eigenvalue weighted by Gasteiger charge is 2.11. The summed E-state index contributed by atoms with van der Waals surface area (Å²) in [7, 11) is 5.26. The Morgan fingerprint density at radius 2 is 1.72 bits per heavy atom. The maximum Gasteiger partial charge on any atom is 0.241 e. The SMILES string of the molecule is CN(C)C(=O)CNC(=NCc1ccccc1)N(C)CCOc1ccccc1F.I. The molecule has 8 heteroatoms. The lowest BCUT2D eigenvalue weighted by molar-refractivity contribution is -0.127. The molecule has 29 heavy (non-hydrogen) atoms. The van der Waals surface area contributed by atoms with Crippen LogP contribution in [0.5, 0.6) is 5.75 Å². The standard InChI is InChI=1S/C21H27FN4O2.HI/c1-25(2)20(27)16-24-21(23-15-17-9-5-4-6-10-17)26(3)13-14-28-19-12-8-7-11-18(19)22;/h4-12H,13-16H2,1-3H3,(H,23,24);1H. The molecule has 2 aromatic rings. The Morgan fingerprint density at radius 3 is 2.38 bits per heavy atom. The molecule has 0 spiro atoms. The first-order valence-corrected chi connectivity index (χ1v) is 9.08. The van der Waals surface area contributed by atoms with E-state index in [9.17, 15) is 9.18 Å². The lowest BCUT2D eigenvalue weighted by atomic mass is 10.2. The molecule has 0 aliphatic heterocycles. The van der Waals surface area contributed by atoms with Gasteiger partial charge in [-0.15, -0.1) is 24.0 Å². The van der Waals surface area contributed by atoms with Crippen molar-refractivity contribution in [2.24, 2.45) is 4.99 Å². The van der Waals surface area contributed by atoms with E-state index < -0.39 is 5.82 Å². The summed E-state index contributed by atoms with van der Waals surface area (Å²) < 4.78 is 19.2. The number of ether oxygens (including phenoxy) is 1. The summed E-state index contributed by atoms with van der Waals surface area (Å²) in [6.45, 7) is 1.38. The van der Waals surface area contributed by atoms with Gasteiger partial charge in [0.05, 0.1) is 19.6 Å². The van der Waals surface area contributed by atoms with Crippen molar-refractivity contribution in [1.82, 2.24) is 15.1 Å². The first-order chi connectivity index (χ1) is 13.5. The summed E-state index contributed by atoms with van der Waals surface area (Å²) in [5.74, 6) is 0.354. The average Bonchev–Trinajstić information content (AvgIpc) is 2.69. The van der Waals surface area contributed by atoms with E-state index in [1.807, 2.05) is 42.3 Å². The van der Waals surface area contributed by atoms with Gasteiger partial charge in [-0.3, -0.25) is 4.79 Å². The van der Waals surface area contributed by atoms with E-state index >= 15 is 0 Å². The molecule has 0 saturated heterocycles. The molecule has 0 aliphatic rings. The number of nitrogens with zero attached hydrogens (tertiary/aromatic N) is 3.